The molecule has 1 aromatic heterocycles. The van der Waals surface area contributed by atoms with E-state index < -0.39 is 0 Å². The van der Waals surface area contributed by atoms with Crippen molar-refractivity contribution in [1.82, 2.24) is 15.3 Å². The van der Waals surface area contributed by atoms with Gasteiger partial charge in [-0.15, -0.1) is 23.5 Å². The van der Waals surface area contributed by atoms with E-state index in [-0.39, 0.29) is 11.9 Å². The molecule has 2 aromatic carbocycles. The maximum absolute atomic E-state index is 12.7. The Bertz CT molecular complexity index is 887. The number of urea groups is 1. The molecule has 0 aliphatic carbocycles. The maximum Gasteiger partial charge on any atom is 0.319 e. The van der Waals surface area contributed by atoms with Gasteiger partial charge in [0.2, 0.25) is 0 Å². The summed E-state index contributed by atoms with van der Waals surface area (Å²) in [5.41, 5.74) is 2.98. The van der Waals surface area contributed by atoms with Crippen molar-refractivity contribution in [2.45, 2.75) is 22.9 Å². The number of anilines is 1. The fourth-order valence-electron chi connectivity index (χ4n) is 3.08. The number of nitrogens with zero attached hydrogens (tertiary/aromatic N) is 2. The zero-order valence-corrected chi connectivity index (χ0v) is 18.3. The van der Waals surface area contributed by atoms with Crippen LogP contribution in [0.1, 0.15) is 22.9 Å². The number of carbonyl (C=O) groups is 1. The average molecular weight is 425 g/mol. The van der Waals surface area contributed by atoms with Crippen molar-refractivity contribution in [2.75, 3.05) is 24.4 Å². The highest BCUT2D eigenvalue weighted by Gasteiger charge is 2.18. The van der Waals surface area contributed by atoms with E-state index in [9.17, 15) is 4.79 Å². The van der Waals surface area contributed by atoms with E-state index in [4.69, 9.17) is 0 Å². The Kier molecular flexibility index (Phi) is 7.55. The molecule has 1 heterocycles. The Hall–Kier alpha value is -2.51. The van der Waals surface area contributed by atoms with E-state index in [0.717, 1.165) is 21.2 Å². The molecule has 7 heteroatoms. The first-order valence-corrected chi connectivity index (χ1v) is 11.7. The molecule has 0 bridgehead atoms. The maximum atomic E-state index is 12.7. The number of hydrogen-bond donors (Lipinski definition) is 2. The number of hydrogen-bond acceptors (Lipinski definition) is 5. The summed E-state index contributed by atoms with van der Waals surface area (Å²) in [5.74, 6) is 0.760. The summed E-state index contributed by atoms with van der Waals surface area (Å²) in [6.07, 6.45) is 3.88. The highest BCUT2D eigenvalue weighted by Crippen LogP contribution is 2.31. The Morgan fingerprint density at radius 3 is 1.83 bits per heavy atom. The molecule has 3 rings (SSSR count). The van der Waals surface area contributed by atoms with E-state index in [2.05, 4.69) is 44.9 Å². The number of nitrogens with one attached hydrogen (secondary N) is 2. The lowest BCUT2D eigenvalue weighted by atomic mass is 9.91. The zero-order valence-electron chi connectivity index (χ0n) is 16.7. The summed E-state index contributed by atoms with van der Waals surface area (Å²) in [5, 5.41) is 7.50. The van der Waals surface area contributed by atoms with Gasteiger partial charge in [0, 0.05) is 12.5 Å². The lowest BCUT2D eigenvalue weighted by molar-refractivity contribution is 0.251. The Morgan fingerprint density at radius 2 is 1.38 bits per heavy atom. The molecule has 0 saturated carbocycles. The van der Waals surface area contributed by atoms with Crippen molar-refractivity contribution in [1.29, 1.82) is 0 Å². The van der Waals surface area contributed by atoms with Gasteiger partial charge in [-0.25, -0.2) is 14.8 Å². The molecule has 5 nitrogen and oxygen atoms in total. The summed E-state index contributed by atoms with van der Waals surface area (Å²) >= 11 is 2.98. The minimum absolute atomic E-state index is 0.0671. The molecule has 0 unspecified atom stereocenters. The van der Waals surface area contributed by atoms with Gasteiger partial charge in [0.05, 0.1) is 0 Å². The molecule has 0 radical (unpaired) electrons. The van der Waals surface area contributed by atoms with Crippen LogP contribution in [0.5, 0.6) is 0 Å². The van der Waals surface area contributed by atoms with E-state index in [0.29, 0.717) is 18.1 Å². The van der Waals surface area contributed by atoms with Gasteiger partial charge in [0.15, 0.2) is 0 Å². The highest BCUT2D eigenvalue weighted by atomic mass is 32.2. The van der Waals surface area contributed by atoms with Crippen LogP contribution >= 0.6 is 23.5 Å². The summed E-state index contributed by atoms with van der Waals surface area (Å²) in [6.45, 7) is 2.34. The number of carbonyl (C=O) groups excluding carboxylic acids is 1. The molecule has 0 atom stereocenters. The lowest BCUT2D eigenvalue weighted by Crippen LogP contribution is -2.33. The summed E-state index contributed by atoms with van der Waals surface area (Å²) in [4.78, 5) is 21.6. The quantitative estimate of drug-likeness (QED) is 0.404. The van der Waals surface area contributed by atoms with Crippen molar-refractivity contribution in [3.05, 3.63) is 77.6 Å². The first kappa shape index (κ1) is 21.2. The zero-order chi connectivity index (χ0) is 20.6. The third kappa shape index (κ3) is 5.52. The fourth-order valence-corrected chi connectivity index (χ4v) is 4.29. The van der Waals surface area contributed by atoms with E-state index in [1.54, 1.807) is 0 Å². The second kappa shape index (κ2) is 10.3. The van der Waals surface area contributed by atoms with Crippen LogP contribution in [0.4, 0.5) is 10.5 Å². The molecule has 150 valence electrons. The molecule has 0 spiro atoms. The standard InChI is InChI=1S/C22H24N4OS2/c1-15-24-20(28-2)19(21(25-15)29-3)26-22(27)23-14-18(16-10-6-4-7-11-16)17-12-8-5-9-13-17/h4-13,18H,14H2,1-3H3,(H2,23,26,27). The molecule has 0 saturated heterocycles. The Labute approximate surface area is 180 Å². The van der Waals surface area contributed by atoms with Crippen LogP contribution in [0.2, 0.25) is 0 Å². The first-order chi connectivity index (χ1) is 14.1. The fraction of sp³-hybridized carbons (Fsp3) is 0.227. The van der Waals surface area contributed by atoms with E-state index >= 15 is 0 Å². The first-order valence-electron chi connectivity index (χ1n) is 9.23. The lowest BCUT2D eigenvalue weighted by Gasteiger charge is -2.20. The van der Waals surface area contributed by atoms with Gasteiger partial charge in [-0.1, -0.05) is 60.7 Å². The highest BCUT2D eigenvalue weighted by molar-refractivity contribution is 7.99. The SMILES string of the molecule is CSc1nc(C)nc(SC)c1NC(=O)NCC(c1ccccc1)c1ccccc1. The van der Waals surface area contributed by atoms with E-state index in [1.807, 2.05) is 55.8 Å². The second-order valence-corrected chi connectivity index (χ2v) is 7.96. The molecule has 2 amide bonds. The molecule has 29 heavy (non-hydrogen) atoms. The third-order valence-corrected chi connectivity index (χ3v) is 5.81. The van der Waals surface area contributed by atoms with Crippen LogP contribution in [0.25, 0.3) is 0 Å². The number of amides is 2. The second-order valence-electron chi connectivity index (χ2n) is 6.37. The summed E-state index contributed by atoms with van der Waals surface area (Å²) in [6, 6.07) is 20.1. The molecule has 0 aliphatic rings. The van der Waals surface area contributed by atoms with Gasteiger partial charge in [-0.2, -0.15) is 0 Å². The normalized spacial score (nSPS) is 10.8. The van der Waals surface area contributed by atoms with Gasteiger partial charge in [-0.05, 0) is 30.6 Å². The molecule has 0 fully saturated rings. The molecule has 2 N–H and O–H groups in total. The van der Waals surface area contributed by atoms with Crippen LogP contribution in [0.3, 0.4) is 0 Å². The number of aryl methyl sites for hydroxylation is 1. The van der Waals surface area contributed by atoms with Crippen LogP contribution in [0.15, 0.2) is 70.7 Å². The smallest absolute Gasteiger partial charge is 0.319 e. The Morgan fingerprint density at radius 1 is 0.897 bits per heavy atom. The minimum atomic E-state index is -0.264. The minimum Gasteiger partial charge on any atom is -0.337 e. The monoisotopic (exact) mass is 424 g/mol. The number of thioether (sulfide) groups is 2. The van der Waals surface area contributed by atoms with Crippen molar-refractivity contribution in [2.24, 2.45) is 0 Å². The average Bonchev–Trinajstić information content (AvgIpc) is 2.76. The van der Waals surface area contributed by atoms with Gasteiger partial charge in [0.1, 0.15) is 21.6 Å². The van der Waals surface area contributed by atoms with E-state index in [1.165, 1.54) is 23.5 Å². The van der Waals surface area contributed by atoms with Crippen LogP contribution in [-0.2, 0) is 0 Å². The van der Waals surface area contributed by atoms with Gasteiger partial charge < -0.3 is 10.6 Å². The number of aromatic nitrogens is 2. The van der Waals surface area contributed by atoms with Crippen LogP contribution < -0.4 is 10.6 Å². The molecule has 0 aliphatic heterocycles. The van der Waals surface area contributed by atoms with Crippen molar-refractivity contribution in [3.8, 4) is 0 Å². The predicted octanol–water partition coefficient (Wildman–Crippen LogP) is 5.18. The predicted molar refractivity (Wildman–Crippen MR) is 122 cm³/mol. The van der Waals surface area contributed by atoms with Gasteiger partial charge in [0.25, 0.3) is 0 Å². The van der Waals surface area contributed by atoms with Crippen LogP contribution in [0, 0.1) is 6.92 Å². The summed E-state index contributed by atoms with van der Waals surface area (Å²) in [7, 11) is 0. The van der Waals surface area contributed by atoms with Crippen molar-refractivity contribution >= 4 is 35.2 Å². The number of benzene rings is 2. The van der Waals surface area contributed by atoms with Crippen molar-refractivity contribution in [3.63, 3.8) is 0 Å². The van der Waals surface area contributed by atoms with Crippen LogP contribution in [-0.4, -0.2) is 35.1 Å². The molecular weight excluding hydrogens is 400 g/mol. The largest absolute Gasteiger partial charge is 0.337 e. The van der Waals surface area contributed by atoms with Crippen molar-refractivity contribution < 1.29 is 4.79 Å². The summed E-state index contributed by atoms with van der Waals surface area (Å²) < 4.78 is 0. The Balaban J connectivity index is 1.77. The van der Waals surface area contributed by atoms with Gasteiger partial charge >= 0.3 is 6.03 Å². The third-order valence-electron chi connectivity index (χ3n) is 4.45. The number of rotatable bonds is 7. The molecular formula is C22H24N4OS2. The molecule has 3 aromatic rings. The topological polar surface area (TPSA) is 66.9 Å². The van der Waals surface area contributed by atoms with Gasteiger partial charge in [-0.3, -0.25) is 0 Å².